The molecule has 3 heterocycles. The predicted molar refractivity (Wildman–Crippen MR) is 97.8 cm³/mol. The average molecular weight is 373 g/mol. The van der Waals surface area contributed by atoms with Crippen molar-refractivity contribution >= 4 is 22.7 Å². The van der Waals surface area contributed by atoms with E-state index in [1.54, 1.807) is 6.20 Å². The molecule has 0 aliphatic carbocycles. The summed E-state index contributed by atoms with van der Waals surface area (Å²) < 4.78 is 38.1. The Morgan fingerprint density at radius 1 is 0.741 bits per heavy atom. The number of hydrogen-bond acceptors (Lipinski definition) is 5. The molecule has 1 aromatic carbocycles. The highest BCUT2D eigenvalue weighted by Gasteiger charge is 2.31. The van der Waals surface area contributed by atoms with Crippen LogP contribution in [-0.2, 0) is 6.18 Å². The van der Waals surface area contributed by atoms with Gasteiger partial charge in [0.05, 0.1) is 22.8 Å². The van der Waals surface area contributed by atoms with Crippen LogP contribution in [0.2, 0.25) is 0 Å². The van der Waals surface area contributed by atoms with Crippen molar-refractivity contribution < 1.29 is 13.2 Å². The van der Waals surface area contributed by atoms with Gasteiger partial charge in [-0.2, -0.15) is 13.2 Å². The van der Waals surface area contributed by atoms with Crippen LogP contribution in [0.15, 0.2) is 48.8 Å². The van der Waals surface area contributed by atoms with E-state index in [0.717, 1.165) is 48.6 Å². The van der Waals surface area contributed by atoms with Crippen molar-refractivity contribution in [2.24, 2.45) is 0 Å². The molecule has 0 spiro atoms. The number of hydrogen-bond donors (Lipinski definition) is 0. The molecule has 5 nitrogen and oxygen atoms in total. The molecule has 4 rings (SSSR count). The molecule has 8 heteroatoms. The lowest BCUT2D eigenvalue weighted by Gasteiger charge is -2.23. The third-order valence-corrected chi connectivity index (χ3v) is 4.65. The molecule has 1 aliphatic heterocycles. The number of fused-ring (bicyclic) bond motifs is 1. The average Bonchev–Trinajstić information content (AvgIpc) is 2.93. The summed E-state index contributed by atoms with van der Waals surface area (Å²) in [5.41, 5.74) is 0.973. The smallest absolute Gasteiger partial charge is 0.355 e. The molecule has 1 saturated heterocycles. The summed E-state index contributed by atoms with van der Waals surface area (Å²) >= 11 is 0. The summed E-state index contributed by atoms with van der Waals surface area (Å²) in [4.78, 5) is 17.3. The standard InChI is InChI=1S/C19H18F3N5/c20-19(21,22)14-6-7-17(24-12-14)26-8-3-9-27(11-10-26)18-13-23-15-4-1-2-5-16(15)25-18/h1-2,4-7,12-13H,3,8-11H2. The minimum atomic E-state index is -4.37. The van der Waals surface area contributed by atoms with Crippen molar-refractivity contribution in [2.75, 3.05) is 36.0 Å². The van der Waals surface area contributed by atoms with Crippen molar-refractivity contribution in [2.45, 2.75) is 12.6 Å². The summed E-state index contributed by atoms with van der Waals surface area (Å²) in [6.45, 7) is 2.91. The van der Waals surface area contributed by atoms with Gasteiger partial charge in [0.1, 0.15) is 11.6 Å². The zero-order chi connectivity index (χ0) is 18.9. The molecule has 0 saturated carbocycles. The Bertz CT molecular complexity index is 927. The van der Waals surface area contributed by atoms with Crippen LogP contribution < -0.4 is 9.80 Å². The predicted octanol–water partition coefficient (Wildman–Crippen LogP) is 3.76. The topological polar surface area (TPSA) is 45.2 Å². The lowest BCUT2D eigenvalue weighted by atomic mass is 10.2. The van der Waals surface area contributed by atoms with Gasteiger partial charge in [-0.05, 0) is 30.7 Å². The van der Waals surface area contributed by atoms with Crippen LogP contribution in [0, 0.1) is 0 Å². The van der Waals surface area contributed by atoms with E-state index >= 15 is 0 Å². The van der Waals surface area contributed by atoms with E-state index < -0.39 is 11.7 Å². The molecule has 0 amide bonds. The maximum absolute atomic E-state index is 12.7. The summed E-state index contributed by atoms with van der Waals surface area (Å²) in [7, 11) is 0. The van der Waals surface area contributed by atoms with Crippen LogP contribution in [0.25, 0.3) is 11.0 Å². The second-order valence-electron chi connectivity index (χ2n) is 6.45. The number of halogens is 3. The van der Waals surface area contributed by atoms with Crippen molar-refractivity contribution in [3.8, 4) is 0 Å². The molecular formula is C19H18F3N5. The zero-order valence-corrected chi connectivity index (χ0v) is 14.5. The lowest BCUT2D eigenvalue weighted by molar-refractivity contribution is -0.137. The molecular weight excluding hydrogens is 355 g/mol. The van der Waals surface area contributed by atoms with E-state index in [0.29, 0.717) is 18.9 Å². The summed E-state index contributed by atoms with van der Waals surface area (Å²) in [5.74, 6) is 1.38. The van der Waals surface area contributed by atoms with Gasteiger partial charge in [-0.3, -0.25) is 4.98 Å². The maximum Gasteiger partial charge on any atom is 0.417 e. The molecule has 0 radical (unpaired) electrons. The second kappa shape index (κ2) is 7.02. The van der Waals surface area contributed by atoms with Crippen LogP contribution in [0.3, 0.4) is 0 Å². The van der Waals surface area contributed by atoms with Gasteiger partial charge in [-0.25, -0.2) is 9.97 Å². The molecule has 27 heavy (non-hydrogen) atoms. The monoisotopic (exact) mass is 373 g/mol. The van der Waals surface area contributed by atoms with Crippen LogP contribution in [0.1, 0.15) is 12.0 Å². The number of para-hydroxylation sites is 2. The Kier molecular flexibility index (Phi) is 4.55. The maximum atomic E-state index is 12.7. The first-order valence-electron chi connectivity index (χ1n) is 8.76. The molecule has 3 aromatic rings. The summed E-state index contributed by atoms with van der Waals surface area (Å²) in [6, 6.07) is 10.2. The zero-order valence-electron chi connectivity index (χ0n) is 14.5. The molecule has 1 aliphatic rings. The molecule has 0 atom stereocenters. The Hall–Kier alpha value is -2.90. The number of rotatable bonds is 2. The highest BCUT2D eigenvalue weighted by molar-refractivity contribution is 5.75. The Morgan fingerprint density at radius 3 is 2.11 bits per heavy atom. The Morgan fingerprint density at radius 2 is 1.44 bits per heavy atom. The minimum absolute atomic E-state index is 0.564. The third kappa shape index (κ3) is 3.79. The van der Waals surface area contributed by atoms with E-state index in [9.17, 15) is 13.2 Å². The SMILES string of the molecule is FC(F)(F)c1ccc(N2CCCN(c3cnc4ccccc4n3)CC2)nc1. The van der Waals surface area contributed by atoms with E-state index in [2.05, 4.69) is 19.9 Å². The van der Waals surface area contributed by atoms with Gasteiger partial charge in [0.2, 0.25) is 0 Å². The molecule has 2 aromatic heterocycles. The van der Waals surface area contributed by atoms with Crippen LogP contribution in [0.5, 0.6) is 0 Å². The highest BCUT2D eigenvalue weighted by atomic mass is 19.4. The Labute approximate surface area is 154 Å². The van der Waals surface area contributed by atoms with E-state index in [1.807, 2.05) is 29.2 Å². The normalized spacial score (nSPS) is 15.8. The van der Waals surface area contributed by atoms with E-state index in [1.165, 1.54) is 6.07 Å². The first kappa shape index (κ1) is 17.5. The highest BCUT2D eigenvalue weighted by Crippen LogP contribution is 2.29. The third-order valence-electron chi connectivity index (χ3n) is 4.65. The van der Waals surface area contributed by atoms with Crippen LogP contribution in [0.4, 0.5) is 24.8 Å². The van der Waals surface area contributed by atoms with Crippen molar-refractivity contribution in [3.63, 3.8) is 0 Å². The Balaban J connectivity index is 1.48. The number of nitrogens with zero attached hydrogens (tertiary/aromatic N) is 5. The largest absolute Gasteiger partial charge is 0.417 e. The number of anilines is 2. The lowest BCUT2D eigenvalue weighted by Crippen LogP contribution is -2.31. The molecule has 0 N–H and O–H groups in total. The van der Waals surface area contributed by atoms with Crippen LogP contribution in [-0.4, -0.2) is 41.1 Å². The van der Waals surface area contributed by atoms with Crippen molar-refractivity contribution in [1.82, 2.24) is 15.0 Å². The number of alkyl halides is 3. The van der Waals surface area contributed by atoms with Crippen molar-refractivity contribution in [1.29, 1.82) is 0 Å². The van der Waals surface area contributed by atoms with Gasteiger partial charge in [0.15, 0.2) is 0 Å². The number of aromatic nitrogens is 3. The van der Waals surface area contributed by atoms with Gasteiger partial charge in [-0.15, -0.1) is 0 Å². The number of benzene rings is 1. The summed E-state index contributed by atoms with van der Waals surface area (Å²) in [6.07, 6.45) is -0.839. The first-order chi connectivity index (χ1) is 13.0. The van der Waals surface area contributed by atoms with Crippen LogP contribution >= 0.6 is 0 Å². The fourth-order valence-electron chi connectivity index (χ4n) is 3.22. The van der Waals surface area contributed by atoms with E-state index in [4.69, 9.17) is 0 Å². The van der Waals surface area contributed by atoms with Gasteiger partial charge >= 0.3 is 6.18 Å². The first-order valence-corrected chi connectivity index (χ1v) is 8.76. The fraction of sp³-hybridized carbons (Fsp3) is 0.316. The summed E-state index contributed by atoms with van der Waals surface area (Å²) in [5, 5.41) is 0. The number of pyridine rings is 1. The molecule has 1 fully saturated rings. The molecule has 0 unspecified atom stereocenters. The minimum Gasteiger partial charge on any atom is -0.355 e. The van der Waals surface area contributed by atoms with Gasteiger partial charge in [-0.1, -0.05) is 12.1 Å². The van der Waals surface area contributed by atoms with Gasteiger partial charge in [0.25, 0.3) is 0 Å². The van der Waals surface area contributed by atoms with E-state index in [-0.39, 0.29) is 0 Å². The quantitative estimate of drug-likeness (QED) is 0.684. The second-order valence-corrected chi connectivity index (χ2v) is 6.45. The van der Waals surface area contributed by atoms with Crippen molar-refractivity contribution in [3.05, 3.63) is 54.4 Å². The fourth-order valence-corrected chi connectivity index (χ4v) is 3.22. The molecule has 140 valence electrons. The van der Waals surface area contributed by atoms with Gasteiger partial charge in [0, 0.05) is 32.4 Å². The molecule has 0 bridgehead atoms. The van der Waals surface area contributed by atoms with Gasteiger partial charge < -0.3 is 9.80 Å².